The molecule has 1 atom stereocenters. The second-order valence-corrected chi connectivity index (χ2v) is 5.23. The molecule has 0 saturated heterocycles. The van der Waals surface area contributed by atoms with E-state index in [1.807, 2.05) is 0 Å². The molecule has 1 aromatic rings. The Morgan fingerprint density at radius 1 is 1.18 bits per heavy atom. The zero-order valence-electron chi connectivity index (χ0n) is 11.2. The highest BCUT2D eigenvalue weighted by molar-refractivity contribution is 5.34. The molecular formula is C16H25N. The van der Waals surface area contributed by atoms with Gasteiger partial charge in [-0.25, -0.2) is 0 Å². The molecule has 1 N–H and O–H groups in total. The zero-order valence-corrected chi connectivity index (χ0v) is 11.2. The molecule has 1 aliphatic carbocycles. The highest BCUT2D eigenvalue weighted by Crippen LogP contribution is 2.31. The molecule has 0 saturated carbocycles. The van der Waals surface area contributed by atoms with Crippen molar-refractivity contribution in [2.24, 2.45) is 0 Å². The number of nitrogens with one attached hydrogen (secondary N) is 1. The molecule has 1 nitrogen and oxygen atoms in total. The number of hydrogen-bond donors (Lipinski definition) is 1. The first-order valence-corrected chi connectivity index (χ1v) is 7.19. The molecule has 2 rings (SSSR count). The summed E-state index contributed by atoms with van der Waals surface area (Å²) < 4.78 is 0. The van der Waals surface area contributed by atoms with Gasteiger partial charge in [-0.2, -0.15) is 0 Å². The average molecular weight is 231 g/mol. The molecule has 1 unspecified atom stereocenters. The van der Waals surface area contributed by atoms with Crippen LogP contribution in [0.1, 0.15) is 63.1 Å². The number of benzene rings is 1. The van der Waals surface area contributed by atoms with Crippen molar-refractivity contribution in [3.05, 3.63) is 35.4 Å². The molecule has 1 heteroatoms. The SMILES string of the molecule is CCCC(CCC)NC1CCc2ccccc21. The van der Waals surface area contributed by atoms with Gasteiger partial charge in [0.15, 0.2) is 0 Å². The molecule has 1 aromatic carbocycles. The third-order valence-electron chi connectivity index (χ3n) is 3.84. The molecule has 0 radical (unpaired) electrons. The third-order valence-corrected chi connectivity index (χ3v) is 3.84. The lowest BCUT2D eigenvalue weighted by Crippen LogP contribution is -2.31. The van der Waals surface area contributed by atoms with Gasteiger partial charge < -0.3 is 5.32 Å². The monoisotopic (exact) mass is 231 g/mol. The Morgan fingerprint density at radius 3 is 2.59 bits per heavy atom. The fourth-order valence-corrected chi connectivity index (χ4v) is 3.02. The van der Waals surface area contributed by atoms with Crippen molar-refractivity contribution >= 4 is 0 Å². The first kappa shape index (κ1) is 12.6. The van der Waals surface area contributed by atoms with E-state index in [-0.39, 0.29) is 0 Å². The fourth-order valence-electron chi connectivity index (χ4n) is 3.02. The summed E-state index contributed by atoms with van der Waals surface area (Å²) >= 11 is 0. The molecule has 0 bridgehead atoms. The van der Waals surface area contributed by atoms with E-state index in [4.69, 9.17) is 0 Å². The van der Waals surface area contributed by atoms with Crippen LogP contribution in [0.25, 0.3) is 0 Å². The molecule has 0 aliphatic heterocycles. The Bertz CT molecular complexity index is 339. The first-order chi connectivity index (χ1) is 8.35. The minimum absolute atomic E-state index is 0.606. The van der Waals surface area contributed by atoms with Gasteiger partial charge in [0.1, 0.15) is 0 Å². The van der Waals surface area contributed by atoms with Crippen LogP contribution in [-0.2, 0) is 6.42 Å². The summed E-state index contributed by atoms with van der Waals surface area (Å²) in [5.74, 6) is 0. The van der Waals surface area contributed by atoms with Gasteiger partial charge in [-0.3, -0.25) is 0 Å². The Morgan fingerprint density at radius 2 is 1.88 bits per heavy atom. The van der Waals surface area contributed by atoms with Gasteiger partial charge in [-0.15, -0.1) is 0 Å². The predicted molar refractivity (Wildman–Crippen MR) is 74.2 cm³/mol. The van der Waals surface area contributed by atoms with Gasteiger partial charge in [-0.05, 0) is 36.8 Å². The summed E-state index contributed by atoms with van der Waals surface area (Å²) in [5.41, 5.74) is 3.10. The molecule has 0 amide bonds. The van der Waals surface area contributed by atoms with Gasteiger partial charge >= 0.3 is 0 Å². The molecular weight excluding hydrogens is 206 g/mol. The topological polar surface area (TPSA) is 12.0 Å². The third kappa shape index (κ3) is 3.10. The summed E-state index contributed by atoms with van der Waals surface area (Å²) in [5, 5.41) is 3.87. The molecule has 17 heavy (non-hydrogen) atoms. The Balaban J connectivity index is 1.99. The first-order valence-electron chi connectivity index (χ1n) is 7.19. The molecule has 94 valence electrons. The highest BCUT2D eigenvalue weighted by atomic mass is 15.0. The number of aryl methyl sites for hydroxylation is 1. The minimum Gasteiger partial charge on any atom is -0.307 e. The maximum absolute atomic E-state index is 3.87. The van der Waals surface area contributed by atoms with Crippen LogP contribution in [0.15, 0.2) is 24.3 Å². The lowest BCUT2D eigenvalue weighted by atomic mass is 10.0. The molecule has 0 spiro atoms. The van der Waals surface area contributed by atoms with Crippen molar-refractivity contribution in [3.63, 3.8) is 0 Å². The molecule has 1 aliphatic rings. The van der Waals surface area contributed by atoms with Crippen LogP contribution >= 0.6 is 0 Å². The fraction of sp³-hybridized carbons (Fsp3) is 0.625. The van der Waals surface area contributed by atoms with E-state index in [0.717, 1.165) is 0 Å². The largest absolute Gasteiger partial charge is 0.307 e. The van der Waals surface area contributed by atoms with Gasteiger partial charge in [0, 0.05) is 12.1 Å². The van der Waals surface area contributed by atoms with E-state index in [1.165, 1.54) is 38.5 Å². The number of hydrogen-bond acceptors (Lipinski definition) is 1. The van der Waals surface area contributed by atoms with Crippen molar-refractivity contribution in [1.82, 2.24) is 5.32 Å². The van der Waals surface area contributed by atoms with Crippen LogP contribution < -0.4 is 5.32 Å². The van der Waals surface area contributed by atoms with Crippen LogP contribution in [0, 0.1) is 0 Å². The molecule has 0 heterocycles. The Labute approximate surface area is 106 Å². The zero-order chi connectivity index (χ0) is 12.1. The highest BCUT2D eigenvalue weighted by Gasteiger charge is 2.23. The Kier molecular flexibility index (Phi) is 4.61. The van der Waals surface area contributed by atoms with Crippen LogP contribution in [0.2, 0.25) is 0 Å². The maximum Gasteiger partial charge on any atom is 0.0328 e. The van der Waals surface area contributed by atoms with Crippen LogP contribution in [-0.4, -0.2) is 6.04 Å². The number of rotatable bonds is 6. The van der Waals surface area contributed by atoms with Crippen molar-refractivity contribution in [3.8, 4) is 0 Å². The summed E-state index contributed by atoms with van der Waals surface area (Å²) in [6.07, 6.45) is 7.72. The van der Waals surface area contributed by atoms with Crippen molar-refractivity contribution in [1.29, 1.82) is 0 Å². The van der Waals surface area contributed by atoms with Gasteiger partial charge in [0.25, 0.3) is 0 Å². The lowest BCUT2D eigenvalue weighted by molar-refractivity contribution is 0.387. The summed E-state index contributed by atoms with van der Waals surface area (Å²) in [6.45, 7) is 4.57. The van der Waals surface area contributed by atoms with Gasteiger partial charge in [-0.1, -0.05) is 51.0 Å². The summed E-state index contributed by atoms with van der Waals surface area (Å²) in [7, 11) is 0. The van der Waals surface area contributed by atoms with Crippen molar-refractivity contribution < 1.29 is 0 Å². The van der Waals surface area contributed by atoms with Crippen LogP contribution in [0.5, 0.6) is 0 Å². The Hall–Kier alpha value is -0.820. The van der Waals surface area contributed by atoms with E-state index in [2.05, 4.69) is 43.4 Å². The van der Waals surface area contributed by atoms with E-state index in [1.54, 1.807) is 11.1 Å². The smallest absolute Gasteiger partial charge is 0.0328 e. The second kappa shape index (κ2) is 6.20. The number of fused-ring (bicyclic) bond motifs is 1. The predicted octanol–water partition coefficient (Wildman–Crippen LogP) is 4.23. The van der Waals surface area contributed by atoms with Crippen molar-refractivity contribution in [2.75, 3.05) is 0 Å². The van der Waals surface area contributed by atoms with Crippen molar-refractivity contribution in [2.45, 2.75) is 64.5 Å². The normalized spacial score (nSPS) is 18.6. The standard InChI is InChI=1S/C16H25N/c1-3-7-14(8-4-2)17-16-12-11-13-9-5-6-10-15(13)16/h5-6,9-10,14,16-17H,3-4,7-8,11-12H2,1-2H3. The lowest BCUT2D eigenvalue weighted by Gasteiger charge is -2.23. The molecule has 0 fully saturated rings. The summed E-state index contributed by atoms with van der Waals surface area (Å²) in [4.78, 5) is 0. The molecule has 0 aromatic heterocycles. The van der Waals surface area contributed by atoms with E-state index in [0.29, 0.717) is 12.1 Å². The van der Waals surface area contributed by atoms with Gasteiger partial charge in [0.05, 0.1) is 0 Å². The van der Waals surface area contributed by atoms with E-state index < -0.39 is 0 Å². The average Bonchev–Trinajstić information content (AvgIpc) is 2.74. The second-order valence-electron chi connectivity index (χ2n) is 5.23. The minimum atomic E-state index is 0.606. The summed E-state index contributed by atoms with van der Waals surface area (Å²) in [6, 6.07) is 10.2. The van der Waals surface area contributed by atoms with E-state index >= 15 is 0 Å². The van der Waals surface area contributed by atoms with Crippen LogP contribution in [0.3, 0.4) is 0 Å². The van der Waals surface area contributed by atoms with E-state index in [9.17, 15) is 0 Å². The van der Waals surface area contributed by atoms with Gasteiger partial charge in [0.2, 0.25) is 0 Å². The van der Waals surface area contributed by atoms with Crippen LogP contribution in [0.4, 0.5) is 0 Å². The quantitative estimate of drug-likeness (QED) is 0.772. The maximum atomic E-state index is 3.87.